The second-order valence-corrected chi connectivity index (χ2v) is 2.98. The van der Waals surface area contributed by atoms with Crippen LogP contribution in [-0.2, 0) is 6.42 Å². The van der Waals surface area contributed by atoms with Crippen molar-refractivity contribution in [1.29, 1.82) is 0 Å². The molecule has 0 spiro atoms. The Bertz CT molecular complexity index is 263. The zero-order valence-corrected chi connectivity index (χ0v) is 7.46. The number of hydrogen-bond acceptors (Lipinski definition) is 1. The minimum absolute atomic E-state index is 0.112. The maximum absolute atomic E-state index is 5.81. The fraction of sp³-hybridized carbons (Fsp3) is 0.273. The zero-order valence-electron chi connectivity index (χ0n) is 7.46. The summed E-state index contributed by atoms with van der Waals surface area (Å²) in [6, 6.07) is 8.33. The maximum Gasteiger partial charge on any atom is 0.0268 e. The van der Waals surface area contributed by atoms with Crippen LogP contribution in [0.1, 0.15) is 24.1 Å². The van der Waals surface area contributed by atoms with Crippen LogP contribution in [0.25, 0.3) is 0 Å². The highest BCUT2D eigenvalue weighted by molar-refractivity contribution is 5.30. The van der Waals surface area contributed by atoms with Crippen LogP contribution in [0.15, 0.2) is 36.9 Å². The maximum atomic E-state index is 5.81. The molecule has 0 aliphatic rings. The Morgan fingerprint density at radius 1 is 1.50 bits per heavy atom. The van der Waals surface area contributed by atoms with Gasteiger partial charge >= 0.3 is 0 Å². The molecule has 0 radical (unpaired) electrons. The molecule has 12 heavy (non-hydrogen) atoms. The number of benzene rings is 1. The molecule has 0 saturated heterocycles. The molecule has 1 atom stereocenters. The molecule has 1 heteroatoms. The number of rotatable bonds is 3. The molecule has 1 rings (SSSR count). The Morgan fingerprint density at radius 2 is 2.17 bits per heavy atom. The summed E-state index contributed by atoms with van der Waals surface area (Å²) >= 11 is 0. The summed E-state index contributed by atoms with van der Waals surface area (Å²) in [7, 11) is 0. The number of nitrogens with two attached hydrogens (primary N) is 1. The lowest BCUT2D eigenvalue weighted by Gasteiger charge is -2.10. The molecule has 0 bridgehead atoms. The van der Waals surface area contributed by atoms with E-state index >= 15 is 0 Å². The van der Waals surface area contributed by atoms with E-state index in [0.29, 0.717) is 0 Å². The Hall–Kier alpha value is -1.08. The van der Waals surface area contributed by atoms with Gasteiger partial charge in [0.1, 0.15) is 0 Å². The summed E-state index contributed by atoms with van der Waals surface area (Å²) in [6.45, 7) is 5.72. The first-order valence-corrected chi connectivity index (χ1v) is 4.20. The van der Waals surface area contributed by atoms with Gasteiger partial charge < -0.3 is 5.73 Å². The third kappa shape index (κ3) is 1.95. The summed E-state index contributed by atoms with van der Waals surface area (Å²) in [5.41, 5.74) is 8.31. The Kier molecular flexibility index (Phi) is 3.06. The van der Waals surface area contributed by atoms with Crippen molar-refractivity contribution in [3.8, 4) is 0 Å². The number of hydrogen-bond donors (Lipinski definition) is 1. The Balaban J connectivity index is 2.99. The molecule has 0 unspecified atom stereocenters. The van der Waals surface area contributed by atoms with Crippen molar-refractivity contribution < 1.29 is 0 Å². The summed E-state index contributed by atoms with van der Waals surface area (Å²) in [4.78, 5) is 0. The molecule has 1 nitrogen and oxygen atoms in total. The van der Waals surface area contributed by atoms with Crippen molar-refractivity contribution in [1.82, 2.24) is 0 Å². The third-order valence-electron chi connectivity index (χ3n) is 1.91. The first kappa shape index (κ1) is 9.01. The SMILES string of the molecule is C=CCc1ccccc1[C@H](C)N. The molecule has 0 saturated carbocycles. The highest BCUT2D eigenvalue weighted by Crippen LogP contribution is 2.15. The predicted octanol–water partition coefficient (Wildman–Crippen LogP) is 2.43. The van der Waals surface area contributed by atoms with Gasteiger partial charge in [0.2, 0.25) is 0 Å². The second-order valence-electron chi connectivity index (χ2n) is 2.98. The van der Waals surface area contributed by atoms with Crippen LogP contribution in [0, 0.1) is 0 Å². The molecule has 0 aromatic heterocycles. The normalized spacial score (nSPS) is 12.5. The summed E-state index contributed by atoms with van der Waals surface area (Å²) in [5, 5.41) is 0. The molecular formula is C11H15N. The topological polar surface area (TPSA) is 26.0 Å². The molecular weight excluding hydrogens is 146 g/mol. The van der Waals surface area contributed by atoms with Gasteiger partial charge in [0.15, 0.2) is 0 Å². The van der Waals surface area contributed by atoms with E-state index in [1.165, 1.54) is 11.1 Å². The summed E-state index contributed by atoms with van der Waals surface area (Å²) < 4.78 is 0. The molecule has 0 aliphatic heterocycles. The fourth-order valence-electron chi connectivity index (χ4n) is 1.32. The van der Waals surface area contributed by atoms with Crippen LogP contribution in [0.4, 0.5) is 0 Å². The van der Waals surface area contributed by atoms with E-state index in [0.717, 1.165) is 6.42 Å². The molecule has 1 aromatic carbocycles. The van der Waals surface area contributed by atoms with Gasteiger partial charge in [-0.25, -0.2) is 0 Å². The number of allylic oxidation sites excluding steroid dienone is 1. The van der Waals surface area contributed by atoms with Gasteiger partial charge in [0.25, 0.3) is 0 Å². The largest absolute Gasteiger partial charge is 0.324 e. The van der Waals surface area contributed by atoms with E-state index in [9.17, 15) is 0 Å². The van der Waals surface area contributed by atoms with Crippen molar-refractivity contribution in [2.45, 2.75) is 19.4 Å². The summed E-state index contributed by atoms with van der Waals surface area (Å²) in [6.07, 6.45) is 2.80. The van der Waals surface area contributed by atoms with E-state index in [1.807, 2.05) is 25.1 Å². The first-order valence-electron chi connectivity index (χ1n) is 4.20. The van der Waals surface area contributed by atoms with Gasteiger partial charge in [-0.3, -0.25) is 0 Å². The molecule has 0 aliphatic carbocycles. The Morgan fingerprint density at radius 3 is 2.75 bits per heavy atom. The van der Waals surface area contributed by atoms with Crippen LogP contribution in [0.5, 0.6) is 0 Å². The molecule has 2 N–H and O–H groups in total. The molecule has 64 valence electrons. The minimum Gasteiger partial charge on any atom is -0.324 e. The van der Waals surface area contributed by atoms with Crippen LogP contribution in [0.3, 0.4) is 0 Å². The zero-order chi connectivity index (χ0) is 8.97. The van der Waals surface area contributed by atoms with Gasteiger partial charge in [-0.1, -0.05) is 30.3 Å². The molecule has 0 heterocycles. The van der Waals surface area contributed by atoms with Gasteiger partial charge in [0.05, 0.1) is 0 Å². The van der Waals surface area contributed by atoms with Gasteiger partial charge in [-0.2, -0.15) is 0 Å². The summed E-state index contributed by atoms with van der Waals surface area (Å²) in [5.74, 6) is 0. The molecule has 0 amide bonds. The average molecular weight is 161 g/mol. The second kappa shape index (κ2) is 4.07. The highest BCUT2D eigenvalue weighted by atomic mass is 14.6. The van der Waals surface area contributed by atoms with Crippen molar-refractivity contribution in [2.24, 2.45) is 5.73 Å². The monoisotopic (exact) mass is 161 g/mol. The standard InChI is InChI=1S/C11H15N/c1-3-6-10-7-4-5-8-11(10)9(2)12/h3-5,7-9H,1,6,12H2,2H3/t9-/m0/s1. The lowest BCUT2D eigenvalue weighted by atomic mass is 10.00. The Labute approximate surface area is 73.9 Å². The lowest BCUT2D eigenvalue weighted by Crippen LogP contribution is -2.07. The van der Waals surface area contributed by atoms with E-state index in [-0.39, 0.29) is 6.04 Å². The van der Waals surface area contributed by atoms with Crippen LogP contribution in [0.2, 0.25) is 0 Å². The van der Waals surface area contributed by atoms with Crippen LogP contribution < -0.4 is 5.73 Å². The van der Waals surface area contributed by atoms with Gasteiger partial charge in [-0.05, 0) is 24.5 Å². The van der Waals surface area contributed by atoms with Crippen LogP contribution >= 0.6 is 0 Å². The van der Waals surface area contributed by atoms with Crippen molar-refractivity contribution in [3.63, 3.8) is 0 Å². The average Bonchev–Trinajstić information content (AvgIpc) is 2.05. The van der Waals surface area contributed by atoms with Gasteiger partial charge in [0, 0.05) is 6.04 Å². The lowest BCUT2D eigenvalue weighted by molar-refractivity contribution is 0.805. The first-order chi connectivity index (χ1) is 5.75. The van der Waals surface area contributed by atoms with Gasteiger partial charge in [-0.15, -0.1) is 6.58 Å². The fourth-order valence-corrected chi connectivity index (χ4v) is 1.32. The van der Waals surface area contributed by atoms with E-state index in [2.05, 4.69) is 18.7 Å². The third-order valence-corrected chi connectivity index (χ3v) is 1.91. The van der Waals surface area contributed by atoms with Crippen LogP contribution in [-0.4, -0.2) is 0 Å². The van der Waals surface area contributed by atoms with E-state index in [1.54, 1.807) is 0 Å². The highest BCUT2D eigenvalue weighted by Gasteiger charge is 2.03. The van der Waals surface area contributed by atoms with Crippen molar-refractivity contribution >= 4 is 0 Å². The predicted molar refractivity (Wildman–Crippen MR) is 52.9 cm³/mol. The van der Waals surface area contributed by atoms with Crippen molar-refractivity contribution in [2.75, 3.05) is 0 Å². The minimum atomic E-state index is 0.112. The smallest absolute Gasteiger partial charge is 0.0268 e. The van der Waals surface area contributed by atoms with Crippen molar-refractivity contribution in [3.05, 3.63) is 48.0 Å². The quantitative estimate of drug-likeness (QED) is 0.677. The molecule has 0 fully saturated rings. The molecule has 1 aromatic rings. The van der Waals surface area contributed by atoms with E-state index in [4.69, 9.17) is 5.73 Å². The van der Waals surface area contributed by atoms with E-state index < -0.39 is 0 Å².